The summed E-state index contributed by atoms with van der Waals surface area (Å²) in [5.74, 6) is 0. The summed E-state index contributed by atoms with van der Waals surface area (Å²) in [6.45, 7) is 6.23. The fourth-order valence-corrected chi connectivity index (χ4v) is 2.66. The van der Waals surface area contributed by atoms with Crippen molar-refractivity contribution < 1.29 is 0 Å². The van der Waals surface area contributed by atoms with Crippen molar-refractivity contribution in [3.8, 4) is 0 Å². The normalized spacial score (nSPS) is 12.2. The smallest absolute Gasteiger partial charge is 0.282 e. The number of aromatic nitrogens is 2. The Kier molecular flexibility index (Phi) is 4.28. The lowest BCUT2D eigenvalue weighted by molar-refractivity contribution is 0.701. The third kappa shape index (κ3) is 3.10. The van der Waals surface area contributed by atoms with E-state index in [-0.39, 0.29) is 11.6 Å². The van der Waals surface area contributed by atoms with E-state index in [1.165, 1.54) is 21.4 Å². The van der Waals surface area contributed by atoms with Crippen LogP contribution in [0.15, 0.2) is 33.7 Å². The molecule has 4 nitrogen and oxygen atoms in total. The molecule has 1 atom stereocenters. The van der Waals surface area contributed by atoms with Gasteiger partial charge < -0.3 is 5.32 Å². The Morgan fingerprint density at radius 2 is 1.85 bits per heavy atom. The van der Waals surface area contributed by atoms with Gasteiger partial charge in [-0.05, 0) is 42.3 Å². The van der Waals surface area contributed by atoms with Gasteiger partial charge in [0.15, 0.2) is 0 Å². The molecule has 1 N–H and O–H groups in total. The molecule has 0 saturated carbocycles. The van der Waals surface area contributed by atoms with Crippen molar-refractivity contribution in [1.82, 2.24) is 9.78 Å². The van der Waals surface area contributed by atoms with Crippen LogP contribution in [0.4, 0.5) is 5.69 Å². The third-order valence-electron chi connectivity index (χ3n) is 3.19. The second-order valence-corrected chi connectivity index (χ2v) is 5.88. The molecule has 0 bridgehead atoms. The van der Waals surface area contributed by atoms with E-state index in [9.17, 15) is 4.79 Å². The highest BCUT2D eigenvalue weighted by atomic mass is 79.9. The first-order valence-corrected chi connectivity index (χ1v) is 7.24. The second-order valence-electron chi connectivity index (χ2n) is 5.09. The molecule has 20 heavy (non-hydrogen) atoms. The summed E-state index contributed by atoms with van der Waals surface area (Å²) in [7, 11) is 1.63. The van der Waals surface area contributed by atoms with Crippen LogP contribution in [0.1, 0.15) is 29.7 Å². The van der Waals surface area contributed by atoms with Gasteiger partial charge in [0.1, 0.15) is 4.47 Å². The van der Waals surface area contributed by atoms with Gasteiger partial charge in [-0.2, -0.15) is 5.10 Å². The van der Waals surface area contributed by atoms with Crippen LogP contribution >= 0.6 is 15.9 Å². The zero-order valence-electron chi connectivity index (χ0n) is 12.1. The number of hydrogen-bond donors (Lipinski definition) is 1. The number of nitrogens with zero attached hydrogens (tertiary/aromatic N) is 2. The van der Waals surface area contributed by atoms with Crippen molar-refractivity contribution >= 4 is 21.6 Å². The zero-order chi connectivity index (χ0) is 14.9. The van der Waals surface area contributed by atoms with Crippen LogP contribution in [-0.2, 0) is 7.05 Å². The summed E-state index contributed by atoms with van der Waals surface area (Å²) < 4.78 is 1.81. The van der Waals surface area contributed by atoms with Gasteiger partial charge in [-0.25, -0.2) is 4.68 Å². The monoisotopic (exact) mass is 335 g/mol. The Balaban J connectivity index is 2.30. The lowest BCUT2D eigenvalue weighted by atomic mass is 10.0. The molecule has 2 aromatic rings. The Hall–Kier alpha value is -1.62. The van der Waals surface area contributed by atoms with Crippen LogP contribution in [0.2, 0.25) is 0 Å². The van der Waals surface area contributed by atoms with E-state index in [0.717, 1.165) is 0 Å². The fraction of sp³-hybridized carbons (Fsp3) is 0.333. The van der Waals surface area contributed by atoms with Crippen molar-refractivity contribution in [1.29, 1.82) is 0 Å². The van der Waals surface area contributed by atoms with Gasteiger partial charge in [0.25, 0.3) is 5.56 Å². The van der Waals surface area contributed by atoms with Gasteiger partial charge in [-0.1, -0.05) is 29.3 Å². The lowest BCUT2D eigenvalue weighted by Gasteiger charge is -2.17. The number of rotatable bonds is 3. The zero-order valence-corrected chi connectivity index (χ0v) is 13.7. The number of nitrogens with one attached hydrogen (secondary N) is 1. The topological polar surface area (TPSA) is 46.9 Å². The molecule has 5 heteroatoms. The van der Waals surface area contributed by atoms with Gasteiger partial charge in [0.2, 0.25) is 0 Å². The van der Waals surface area contributed by atoms with Crippen LogP contribution in [0.3, 0.4) is 0 Å². The highest BCUT2D eigenvalue weighted by molar-refractivity contribution is 9.10. The van der Waals surface area contributed by atoms with Crippen molar-refractivity contribution in [2.45, 2.75) is 26.8 Å². The predicted molar refractivity (Wildman–Crippen MR) is 85.1 cm³/mol. The number of benzene rings is 1. The minimum atomic E-state index is -0.150. The summed E-state index contributed by atoms with van der Waals surface area (Å²) >= 11 is 3.33. The maximum absolute atomic E-state index is 11.8. The van der Waals surface area contributed by atoms with E-state index in [1.54, 1.807) is 13.2 Å². The van der Waals surface area contributed by atoms with Crippen molar-refractivity contribution in [2.75, 3.05) is 5.32 Å². The molecular formula is C15H18BrN3O. The number of aryl methyl sites for hydroxylation is 3. The molecule has 0 amide bonds. The average Bonchev–Trinajstić information content (AvgIpc) is 2.38. The molecular weight excluding hydrogens is 318 g/mol. The molecule has 2 rings (SSSR count). The Labute approximate surface area is 127 Å². The van der Waals surface area contributed by atoms with Gasteiger partial charge in [0.05, 0.1) is 11.9 Å². The second kappa shape index (κ2) is 5.79. The van der Waals surface area contributed by atoms with E-state index in [4.69, 9.17) is 0 Å². The van der Waals surface area contributed by atoms with Crippen LogP contribution in [0, 0.1) is 13.8 Å². The van der Waals surface area contributed by atoms with Crippen LogP contribution in [-0.4, -0.2) is 9.78 Å². The average molecular weight is 336 g/mol. The summed E-state index contributed by atoms with van der Waals surface area (Å²) in [5.41, 5.74) is 4.21. The van der Waals surface area contributed by atoms with Crippen molar-refractivity contribution in [3.63, 3.8) is 0 Å². The molecule has 0 fully saturated rings. The molecule has 0 radical (unpaired) electrons. The molecule has 0 aliphatic heterocycles. The molecule has 1 aromatic heterocycles. The van der Waals surface area contributed by atoms with E-state index in [2.05, 4.69) is 65.3 Å². The van der Waals surface area contributed by atoms with Crippen molar-refractivity contribution in [2.24, 2.45) is 7.05 Å². The van der Waals surface area contributed by atoms with Crippen LogP contribution in [0.25, 0.3) is 0 Å². The van der Waals surface area contributed by atoms with Gasteiger partial charge in [0, 0.05) is 13.1 Å². The molecule has 1 unspecified atom stereocenters. The van der Waals surface area contributed by atoms with E-state index in [1.807, 2.05) is 0 Å². The first kappa shape index (κ1) is 14.8. The van der Waals surface area contributed by atoms with Crippen LogP contribution < -0.4 is 10.9 Å². The molecule has 1 heterocycles. The number of hydrogen-bond acceptors (Lipinski definition) is 3. The van der Waals surface area contributed by atoms with Gasteiger partial charge in [-0.15, -0.1) is 0 Å². The maximum atomic E-state index is 11.8. The predicted octanol–water partition coefficient (Wildman–Crippen LogP) is 3.33. The maximum Gasteiger partial charge on any atom is 0.282 e. The first-order chi connectivity index (χ1) is 9.38. The molecule has 0 aliphatic carbocycles. The Bertz CT molecular complexity index is 674. The van der Waals surface area contributed by atoms with E-state index in [0.29, 0.717) is 10.2 Å². The number of anilines is 1. The number of halogens is 1. The molecule has 0 saturated heterocycles. The highest BCUT2D eigenvalue weighted by Crippen LogP contribution is 2.24. The Morgan fingerprint density at radius 1 is 1.25 bits per heavy atom. The first-order valence-electron chi connectivity index (χ1n) is 6.45. The van der Waals surface area contributed by atoms with Gasteiger partial charge >= 0.3 is 0 Å². The van der Waals surface area contributed by atoms with Gasteiger partial charge in [-0.3, -0.25) is 4.79 Å². The minimum Gasteiger partial charge on any atom is -0.376 e. The molecule has 106 valence electrons. The largest absolute Gasteiger partial charge is 0.376 e. The minimum absolute atomic E-state index is 0.0961. The summed E-state index contributed by atoms with van der Waals surface area (Å²) in [6.07, 6.45) is 1.66. The standard InChI is InChI=1S/C15H18BrN3O/c1-9-5-10(2)7-12(6-9)11(3)18-13-8-17-19(4)15(20)14(13)16/h5-8,11,18H,1-4H3. The lowest BCUT2D eigenvalue weighted by Crippen LogP contribution is -2.22. The summed E-state index contributed by atoms with van der Waals surface area (Å²) in [6, 6.07) is 6.53. The fourth-order valence-electron chi connectivity index (χ4n) is 2.19. The van der Waals surface area contributed by atoms with Crippen LogP contribution in [0.5, 0.6) is 0 Å². The molecule has 0 spiro atoms. The van der Waals surface area contributed by atoms with E-state index >= 15 is 0 Å². The molecule has 1 aromatic carbocycles. The highest BCUT2D eigenvalue weighted by Gasteiger charge is 2.11. The molecule has 0 aliphatic rings. The summed E-state index contributed by atoms with van der Waals surface area (Å²) in [4.78, 5) is 11.8. The third-order valence-corrected chi connectivity index (χ3v) is 3.96. The van der Waals surface area contributed by atoms with Crippen molar-refractivity contribution in [3.05, 3.63) is 55.9 Å². The SMILES string of the molecule is Cc1cc(C)cc(C(C)Nc2cnn(C)c(=O)c2Br)c1. The summed E-state index contributed by atoms with van der Waals surface area (Å²) in [5, 5.41) is 7.36. The Morgan fingerprint density at radius 3 is 2.45 bits per heavy atom. The van der Waals surface area contributed by atoms with E-state index < -0.39 is 0 Å². The quantitative estimate of drug-likeness (QED) is 0.935.